The van der Waals surface area contributed by atoms with Crippen molar-refractivity contribution in [1.29, 1.82) is 0 Å². The normalized spacial score (nSPS) is 10.9. The van der Waals surface area contributed by atoms with E-state index in [1.807, 2.05) is 19.9 Å². The molecule has 0 unspecified atom stereocenters. The molecule has 1 rings (SSSR count). The number of anilines is 2. The first-order valence-corrected chi connectivity index (χ1v) is 9.42. The van der Waals surface area contributed by atoms with Crippen LogP contribution >= 0.6 is 28.3 Å². The number of nitrogens with two attached hydrogens (primary N) is 1. The van der Waals surface area contributed by atoms with Crippen molar-refractivity contribution in [3.05, 3.63) is 22.2 Å². The monoisotopic (exact) mass is 412 g/mol. The van der Waals surface area contributed by atoms with Gasteiger partial charge in [0, 0.05) is 4.47 Å². The number of aryl methyl sites for hydroxylation is 1. The molecule has 0 spiro atoms. The highest BCUT2D eigenvalue weighted by molar-refractivity contribution is 9.10. The number of carbonyl (C=O) groups excluding carboxylic acids is 1. The van der Waals surface area contributed by atoms with Crippen LogP contribution in [0.2, 0.25) is 0 Å². The molecule has 0 aliphatic rings. The Morgan fingerprint density at radius 1 is 1.32 bits per heavy atom. The number of hydrogen-bond donors (Lipinski definition) is 2. The van der Waals surface area contributed by atoms with Crippen LogP contribution in [0, 0.1) is 6.92 Å². The minimum absolute atomic E-state index is 0. The van der Waals surface area contributed by atoms with Crippen molar-refractivity contribution in [1.82, 2.24) is 0 Å². The van der Waals surface area contributed by atoms with Gasteiger partial charge in [-0.05, 0) is 31.0 Å². The smallest absolute Gasteiger partial charge is 0.239 e. The molecule has 1 aromatic carbocycles. The molecule has 126 valence electrons. The summed E-state index contributed by atoms with van der Waals surface area (Å²) in [6.45, 7) is 3.81. The van der Waals surface area contributed by atoms with E-state index in [2.05, 4.69) is 21.2 Å². The summed E-state index contributed by atoms with van der Waals surface area (Å²) in [5.41, 5.74) is 7.55. The van der Waals surface area contributed by atoms with Crippen LogP contribution in [-0.2, 0) is 14.6 Å². The SMILES string of the molecule is CCCCCS(=O)(=O)CC(=O)Nc1cc(Br)cc(C)c1N.Cl. The zero-order valence-electron chi connectivity index (χ0n) is 12.7. The summed E-state index contributed by atoms with van der Waals surface area (Å²) in [4.78, 5) is 11.9. The molecule has 0 radical (unpaired) electrons. The highest BCUT2D eigenvalue weighted by Gasteiger charge is 2.17. The Morgan fingerprint density at radius 3 is 2.55 bits per heavy atom. The Hall–Kier alpha value is -0.790. The van der Waals surface area contributed by atoms with Crippen LogP contribution in [0.25, 0.3) is 0 Å². The number of benzene rings is 1. The van der Waals surface area contributed by atoms with Gasteiger partial charge in [0.1, 0.15) is 5.75 Å². The Bertz CT molecular complexity index is 621. The van der Waals surface area contributed by atoms with Gasteiger partial charge in [0.2, 0.25) is 5.91 Å². The molecule has 0 fully saturated rings. The molecule has 0 atom stereocenters. The average molecular weight is 414 g/mol. The fourth-order valence-corrected chi connectivity index (χ4v) is 3.72. The van der Waals surface area contributed by atoms with E-state index in [-0.39, 0.29) is 18.2 Å². The standard InChI is InChI=1S/C14H21BrN2O3S.ClH/c1-3-4-5-6-21(19,20)9-13(18)17-12-8-11(15)7-10(2)14(12)16;/h7-8H,3-6,9,16H2,1-2H3,(H,17,18);1H. The molecular formula is C14H22BrClN2O3S. The third kappa shape index (κ3) is 6.98. The van der Waals surface area contributed by atoms with Gasteiger partial charge in [-0.3, -0.25) is 4.79 Å². The molecule has 8 heteroatoms. The predicted octanol–water partition coefficient (Wildman–Crippen LogP) is 3.31. The Kier molecular flexibility index (Phi) is 9.04. The van der Waals surface area contributed by atoms with Crippen molar-refractivity contribution in [3.8, 4) is 0 Å². The number of amides is 1. The molecule has 0 aromatic heterocycles. The number of halogens is 2. The molecule has 5 nitrogen and oxygen atoms in total. The first-order chi connectivity index (χ1) is 9.75. The first kappa shape index (κ1) is 21.2. The van der Waals surface area contributed by atoms with Crippen LogP contribution in [0.1, 0.15) is 31.7 Å². The number of sulfone groups is 1. The predicted molar refractivity (Wildman–Crippen MR) is 97.3 cm³/mol. The second kappa shape index (κ2) is 9.37. The number of nitrogen functional groups attached to an aromatic ring is 1. The van der Waals surface area contributed by atoms with E-state index in [1.54, 1.807) is 6.07 Å². The van der Waals surface area contributed by atoms with Crippen LogP contribution in [0.4, 0.5) is 11.4 Å². The Balaban J connectivity index is 0.00000441. The number of rotatable bonds is 7. The molecule has 1 amide bonds. The van der Waals surface area contributed by atoms with Crippen LogP contribution in [0.15, 0.2) is 16.6 Å². The number of hydrogen-bond acceptors (Lipinski definition) is 4. The maximum atomic E-state index is 11.9. The second-order valence-electron chi connectivity index (χ2n) is 5.03. The third-order valence-electron chi connectivity index (χ3n) is 3.04. The Morgan fingerprint density at radius 2 is 1.95 bits per heavy atom. The molecule has 0 bridgehead atoms. The molecule has 0 aliphatic carbocycles. The topological polar surface area (TPSA) is 89.3 Å². The van der Waals surface area contributed by atoms with Gasteiger partial charge in [0.15, 0.2) is 9.84 Å². The van der Waals surface area contributed by atoms with E-state index in [1.165, 1.54) is 0 Å². The lowest BCUT2D eigenvalue weighted by Gasteiger charge is -2.11. The van der Waals surface area contributed by atoms with Gasteiger partial charge >= 0.3 is 0 Å². The van der Waals surface area contributed by atoms with Gasteiger partial charge in [0.05, 0.1) is 17.1 Å². The minimum atomic E-state index is -3.37. The minimum Gasteiger partial charge on any atom is -0.397 e. The largest absolute Gasteiger partial charge is 0.397 e. The highest BCUT2D eigenvalue weighted by Crippen LogP contribution is 2.27. The lowest BCUT2D eigenvalue weighted by Crippen LogP contribution is -2.25. The van der Waals surface area contributed by atoms with E-state index in [0.29, 0.717) is 17.8 Å². The quantitative estimate of drug-likeness (QED) is 0.530. The molecule has 3 N–H and O–H groups in total. The van der Waals surface area contributed by atoms with Gasteiger partial charge in [0.25, 0.3) is 0 Å². The fraction of sp³-hybridized carbons (Fsp3) is 0.500. The van der Waals surface area contributed by atoms with Crippen molar-refractivity contribution < 1.29 is 13.2 Å². The zero-order chi connectivity index (χ0) is 16.0. The summed E-state index contributed by atoms with van der Waals surface area (Å²) >= 11 is 3.32. The summed E-state index contributed by atoms with van der Waals surface area (Å²) < 4.78 is 24.4. The van der Waals surface area contributed by atoms with Crippen molar-refractivity contribution in [2.24, 2.45) is 0 Å². The van der Waals surface area contributed by atoms with Gasteiger partial charge < -0.3 is 11.1 Å². The van der Waals surface area contributed by atoms with Crippen LogP contribution in [-0.4, -0.2) is 25.8 Å². The molecule has 1 aromatic rings. The van der Waals surface area contributed by atoms with Crippen molar-refractivity contribution in [2.75, 3.05) is 22.6 Å². The number of carbonyl (C=O) groups is 1. The van der Waals surface area contributed by atoms with E-state index in [4.69, 9.17) is 5.73 Å². The van der Waals surface area contributed by atoms with Crippen molar-refractivity contribution in [3.63, 3.8) is 0 Å². The molecule has 0 heterocycles. The molecule has 0 aliphatic heterocycles. The van der Waals surface area contributed by atoms with Crippen LogP contribution < -0.4 is 11.1 Å². The van der Waals surface area contributed by atoms with Crippen molar-refractivity contribution >= 4 is 55.5 Å². The number of unbranched alkanes of at least 4 members (excludes halogenated alkanes) is 2. The summed E-state index contributed by atoms with van der Waals surface area (Å²) in [6.07, 6.45) is 2.37. The molecule has 0 saturated heterocycles. The molecule has 22 heavy (non-hydrogen) atoms. The van der Waals surface area contributed by atoms with Gasteiger partial charge in [-0.15, -0.1) is 12.4 Å². The van der Waals surface area contributed by atoms with E-state index < -0.39 is 21.5 Å². The van der Waals surface area contributed by atoms with Crippen LogP contribution in [0.5, 0.6) is 0 Å². The van der Waals surface area contributed by atoms with Gasteiger partial charge in [-0.25, -0.2) is 8.42 Å². The lowest BCUT2D eigenvalue weighted by atomic mass is 10.2. The second-order valence-corrected chi connectivity index (χ2v) is 8.13. The summed E-state index contributed by atoms with van der Waals surface area (Å²) in [5, 5.41) is 2.57. The molecular weight excluding hydrogens is 392 g/mol. The summed E-state index contributed by atoms with van der Waals surface area (Å²) in [6, 6.07) is 3.48. The van der Waals surface area contributed by atoms with Gasteiger partial charge in [-0.2, -0.15) is 0 Å². The third-order valence-corrected chi connectivity index (χ3v) is 5.11. The number of nitrogens with one attached hydrogen (secondary N) is 1. The van der Waals surface area contributed by atoms with Gasteiger partial charge in [-0.1, -0.05) is 35.7 Å². The van der Waals surface area contributed by atoms with Crippen molar-refractivity contribution in [2.45, 2.75) is 33.1 Å². The van der Waals surface area contributed by atoms with E-state index in [9.17, 15) is 13.2 Å². The lowest BCUT2D eigenvalue weighted by molar-refractivity contribution is -0.113. The van der Waals surface area contributed by atoms with Crippen LogP contribution in [0.3, 0.4) is 0 Å². The summed E-state index contributed by atoms with van der Waals surface area (Å²) in [7, 11) is -3.37. The summed E-state index contributed by atoms with van der Waals surface area (Å²) in [5.74, 6) is -1.03. The zero-order valence-corrected chi connectivity index (χ0v) is 15.9. The van der Waals surface area contributed by atoms with E-state index in [0.717, 1.165) is 22.9 Å². The average Bonchev–Trinajstić information content (AvgIpc) is 2.34. The molecule has 0 saturated carbocycles. The highest BCUT2D eigenvalue weighted by atomic mass is 79.9. The van der Waals surface area contributed by atoms with E-state index >= 15 is 0 Å². The fourth-order valence-electron chi connectivity index (χ4n) is 1.89. The Labute approximate surface area is 146 Å². The maximum absolute atomic E-state index is 11.9. The maximum Gasteiger partial charge on any atom is 0.239 e. The first-order valence-electron chi connectivity index (χ1n) is 6.81.